The van der Waals surface area contributed by atoms with Crippen LogP contribution >= 0.6 is 15.6 Å². The van der Waals surface area contributed by atoms with Crippen LogP contribution in [0.2, 0.25) is 0 Å². The summed E-state index contributed by atoms with van der Waals surface area (Å²) in [5.41, 5.74) is 0. The number of hydrogen-bond donors (Lipinski definition) is 3. The van der Waals surface area contributed by atoms with Crippen molar-refractivity contribution >= 4 is 39.5 Å². The zero-order valence-electron chi connectivity index (χ0n) is 65.1. The Morgan fingerprint density at radius 2 is 0.424 bits per heavy atom. The monoisotopic (exact) mass is 1450 g/mol. The molecule has 99 heavy (non-hydrogen) atoms. The van der Waals surface area contributed by atoms with E-state index < -0.39 is 97.5 Å². The van der Waals surface area contributed by atoms with Gasteiger partial charge in [-0.05, 0) is 49.4 Å². The number of carbonyl (C=O) groups excluding carboxylic acids is 4. The van der Waals surface area contributed by atoms with Gasteiger partial charge in [-0.1, -0.05) is 357 Å². The van der Waals surface area contributed by atoms with Crippen LogP contribution in [0.25, 0.3) is 0 Å². The van der Waals surface area contributed by atoms with Gasteiger partial charge < -0.3 is 33.8 Å². The van der Waals surface area contributed by atoms with Crippen LogP contribution in [0.5, 0.6) is 0 Å². The molecular formula is C80H156O17P2. The molecule has 17 nitrogen and oxygen atoms in total. The molecule has 588 valence electrons. The Bertz CT molecular complexity index is 1940. The summed E-state index contributed by atoms with van der Waals surface area (Å²) in [6, 6.07) is 0. The van der Waals surface area contributed by atoms with Crippen LogP contribution in [0.3, 0.4) is 0 Å². The smallest absolute Gasteiger partial charge is 0.462 e. The fourth-order valence-corrected chi connectivity index (χ4v) is 13.8. The molecule has 0 saturated heterocycles. The molecule has 0 fully saturated rings. The third-order valence-corrected chi connectivity index (χ3v) is 20.5. The van der Waals surface area contributed by atoms with E-state index in [2.05, 4.69) is 55.4 Å². The highest BCUT2D eigenvalue weighted by molar-refractivity contribution is 7.47. The summed E-state index contributed by atoms with van der Waals surface area (Å²) in [5, 5.41) is 10.6. The number of esters is 4. The molecule has 0 bridgehead atoms. The lowest BCUT2D eigenvalue weighted by molar-refractivity contribution is -0.161. The standard InChI is InChI=1S/C80H156O17P2/c1-70(2)56-48-40-32-26-21-17-13-9-11-15-19-23-29-36-46-54-62-79(84)96-75(66-90-77(82)60-52-44-35-31-25-28-34-42-50-58-72(5)6)68-94-98(86,87)92-64-74(81)65-93-99(88,89)95-69-76(67-91-78(83)61-53-45-39-38-43-51-59-73(7)8)97-80(85)63-55-47-37-30-24-20-16-12-10-14-18-22-27-33-41-49-57-71(3)4/h70-76,81H,9-69H2,1-8H3,(H,86,87)(H,88,89)/t74?,75-,76-/m1/s1. The van der Waals surface area contributed by atoms with Crippen molar-refractivity contribution in [3.05, 3.63) is 0 Å². The Morgan fingerprint density at radius 3 is 0.626 bits per heavy atom. The highest BCUT2D eigenvalue weighted by atomic mass is 31.2. The summed E-state index contributed by atoms with van der Waals surface area (Å²) in [5.74, 6) is 0.924. The molecule has 3 unspecified atom stereocenters. The van der Waals surface area contributed by atoms with Crippen molar-refractivity contribution in [3.63, 3.8) is 0 Å². The lowest BCUT2D eigenvalue weighted by Crippen LogP contribution is -2.30. The highest BCUT2D eigenvalue weighted by Crippen LogP contribution is 2.45. The van der Waals surface area contributed by atoms with Gasteiger partial charge in [-0.3, -0.25) is 37.3 Å². The topological polar surface area (TPSA) is 237 Å². The van der Waals surface area contributed by atoms with Crippen molar-refractivity contribution < 1.29 is 80.2 Å². The molecule has 0 aliphatic heterocycles. The molecule has 0 saturated carbocycles. The predicted molar refractivity (Wildman–Crippen MR) is 404 cm³/mol. The molecule has 0 aromatic carbocycles. The minimum absolute atomic E-state index is 0.106. The van der Waals surface area contributed by atoms with Crippen LogP contribution in [-0.2, 0) is 65.4 Å². The Balaban J connectivity index is 5.19. The van der Waals surface area contributed by atoms with Gasteiger partial charge >= 0.3 is 39.5 Å². The first-order valence-electron chi connectivity index (χ1n) is 41.2. The first-order valence-corrected chi connectivity index (χ1v) is 44.2. The molecule has 5 atom stereocenters. The van der Waals surface area contributed by atoms with E-state index in [1.54, 1.807) is 0 Å². The molecule has 0 aromatic rings. The van der Waals surface area contributed by atoms with E-state index in [9.17, 15) is 43.2 Å². The number of aliphatic hydroxyl groups is 1. The number of aliphatic hydroxyl groups excluding tert-OH is 1. The normalized spacial score (nSPS) is 14.1. The van der Waals surface area contributed by atoms with Crippen LogP contribution in [0.15, 0.2) is 0 Å². The Morgan fingerprint density at radius 1 is 0.253 bits per heavy atom. The van der Waals surface area contributed by atoms with Crippen molar-refractivity contribution in [2.24, 2.45) is 23.7 Å². The molecule has 0 spiro atoms. The summed E-state index contributed by atoms with van der Waals surface area (Å²) < 4.78 is 68.6. The summed E-state index contributed by atoms with van der Waals surface area (Å²) in [4.78, 5) is 72.9. The lowest BCUT2D eigenvalue weighted by Gasteiger charge is -2.21. The third kappa shape index (κ3) is 74.1. The maximum Gasteiger partial charge on any atom is 0.472 e. The summed E-state index contributed by atoms with van der Waals surface area (Å²) in [6.07, 6.45) is 55.7. The molecule has 0 aliphatic carbocycles. The average Bonchev–Trinajstić information content (AvgIpc) is 1.13. The van der Waals surface area contributed by atoms with Gasteiger partial charge in [-0.15, -0.1) is 0 Å². The van der Waals surface area contributed by atoms with Gasteiger partial charge in [0, 0.05) is 25.7 Å². The number of rotatable bonds is 77. The molecule has 19 heteroatoms. The van der Waals surface area contributed by atoms with Crippen LogP contribution in [0.4, 0.5) is 0 Å². The van der Waals surface area contributed by atoms with E-state index >= 15 is 0 Å². The SMILES string of the molecule is CC(C)CCCCCCCCCCCCCCCCCCC(=O)O[C@H](COC(=O)CCCCCCCCCCCC(C)C)COP(=O)(O)OCC(O)COP(=O)(O)OC[C@@H](COC(=O)CCCCCCCCC(C)C)OC(=O)CCCCCCCCCCCCCCCCCCC(C)C. The van der Waals surface area contributed by atoms with Crippen LogP contribution in [0.1, 0.15) is 409 Å². The highest BCUT2D eigenvalue weighted by Gasteiger charge is 2.30. The van der Waals surface area contributed by atoms with E-state index in [4.69, 9.17) is 37.0 Å². The first kappa shape index (κ1) is 97.1. The number of unbranched alkanes of at least 4 members (excludes halogenated alkanes) is 43. The molecule has 0 radical (unpaired) electrons. The van der Waals surface area contributed by atoms with Gasteiger partial charge in [0.1, 0.15) is 19.3 Å². The minimum atomic E-state index is -4.96. The number of hydrogen-bond acceptors (Lipinski definition) is 15. The van der Waals surface area contributed by atoms with Crippen LogP contribution < -0.4 is 0 Å². The van der Waals surface area contributed by atoms with Crippen molar-refractivity contribution in [2.45, 2.75) is 427 Å². The van der Waals surface area contributed by atoms with Gasteiger partial charge in [0.2, 0.25) is 0 Å². The quantitative estimate of drug-likeness (QED) is 0.0222. The number of ether oxygens (including phenoxy) is 4. The van der Waals surface area contributed by atoms with Gasteiger partial charge in [-0.25, -0.2) is 9.13 Å². The Labute approximate surface area is 607 Å². The van der Waals surface area contributed by atoms with Gasteiger partial charge in [0.15, 0.2) is 12.2 Å². The fourth-order valence-electron chi connectivity index (χ4n) is 12.3. The van der Waals surface area contributed by atoms with E-state index in [-0.39, 0.29) is 25.7 Å². The van der Waals surface area contributed by atoms with E-state index in [1.165, 1.54) is 205 Å². The van der Waals surface area contributed by atoms with Crippen molar-refractivity contribution in [2.75, 3.05) is 39.6 Å². The predicted octanol–water partition coefficient (Wildman–Crippen LogP) is 23.6. The second kappa shape index (κ2) is 69.1. The second-order valence-corrected chi connectivity index (χ2v) is 33.6. The first-order chi connectivity index (χ1) is 47.6. The van der Waals surface area contributed by atoms with Gasteiger partial charge in [0.25, 0.3) is 0 Å². The molecule has 0 aromatic heterocycles. The van der Waals surface area contributed by atoms with E-state index in [0.29, 0.717) is 31.6 Å². The summed E-state index contributed by atoms with van der Waals surface area (Å²) >= 11 is 0. The number of carbonyl (C=O) groups is 4. The molecule has 0 heterocycles. The Hall–Kier alpha value is -1.94. The van der Waals surface area contributed by atoms with E-state index in [1.807, 2.05) is 0 Å². The number of phosphoric ester groups is 2. The summed E-state index contributed by atoms with van der Waals surface area (Å²) in [6.45, 7) is 14.2. The van der Waals surface area contributed by atoms with Crippen molar-refractivity contribution in [1.82, 2.24) is 0 Å². The molecular weight excluding hydrogens is 1290 g/mol. The van der Waals surface area contributed by atoms with Crippen molar-refractivity contribution in [1.29, 1.82) is 0 Å². The van der Waals surface area contributed by atoms with Crippen molar-refractivity contribution in [3.8, 4) is 0 Å². The average molecular weight is 1450 g/mol. The lowest BCUT2D eigenvalue weighted by atomic mass is 10.0. The second-order valence-electron chi connectivity index (χ2n) is 30.7. The molecule has 0 rings (SSSR count). The Kier molecular flexibility index (Phi) is 67.8. The van der Waals surface area contributed by atoms with Crippen LogP contribution in [0, 0.1) is 23.7 Å². The van der Waals surface area contributed by atoms with E-state index in [0.717, 1.165) is 114 Å². The molecule has 0 amide bonds. The molecule has 3 N–H and O–H groups in total. The largest absolute Gasteiger partial charge is 0.472 e. The molecule has 0 aliphatic rings. The van der Waals surface area contributed by atoms with Gasteiger partial charge in [0.05, 0.1) is 26.4 Å². The minimum Gasteiger partial charge on any atom is -0.462 e. The number of phosphoric acid groups is 2. The zero-order chi connectivity index (χ0) is 73.1. The van der Waals surface area contributed by atoms with Crippen LogP contribution in [-0.4, -0.2) is 96.7 Å². The fraction of sp³-hybridized carbons (Fsp3) is 0.950. The third-order valence-electron chi connectivity index (χ3n) is 18.6. The maximum atomic E-state index is 13.1. The summed E-state index contributed by atoms with van der Waals surface area (Å²) in [7, 11) is -9.92. The zero-order valence-corrected chi connectivity index (χ0v) is 66.9. The van der Waals surface area contributed by atoms with Gasteiger partial charge in [-0.2, -0.15) is 0 Å². The maximum absolute atomic E-state index is 13.1.